The maximum atomic E-state index is 5.25. The van der Waals surface area contributed by atoms with Crippen molar-refractivity contribution in [2.24, 2.45) is 5.41 Å². The molecule has 0 amide bonds. The molecule has 2 aliphatic rings. The Labute approximate surface area is 93.2 Å². The van der Waals surface area contributed by atoms with E-state index in [1.54, 1.807) is 0 Å². The summed E-state index contributed by atoms with van der Waals surface area (Å²) in [5, 5.41) is 3.63. The Balaban J connectivity index is 1.61. The highest BCUT2D eigenvalue weighted by Crippen LogP contribution is 2.25. The van der Waals surface area contributed by atoms with Gasteiger partial charge in [0, 0.05) is 24.5 Å². The highest BCUT2D eigenvalue weighted by molar-refractivity contribution is 4.84. The summed E-state index contributed by atoms with van der Waals surface area (Å²) >= 11 is 0. The minimum absolute atomic E-state index is 0.402. The normalized spacial score (nSPS) is 27.6. The first-order valence-corrected chi connectivity index (χ1v) is 6.21. The molecular weight excluding hydrogens is 188 g/mol. The molecule has 0 aliphatic carbocycles. The van der Waals surface area contributed by atoms with E-state index in [0.717, 1.165) is 19.8 Å². The summed E-state index contributed by atoms with van der Waals surface area (Å²) in [6.07, 6.45) is 2.77. The molecule has 0 spiro atoms. The monoisotopic (exact) mass is 212 g/mol. The lowest BCUT2D eigenvalue weighted by molar-refractivity contribution is -0.1000. The molecule has 1 N–H and O–H groups in total. The van der Waals surface area contributed by atoms with Crippen LogP contribution in [-0.4, -0.2) is 50.3 Å². The van der Waals surface area contributed by atoms with Crippen molar-refractivity contribution in [3.05, 3.63) is 0 Å². The quantitative estimate of drug-likeness (QED) is 0.738. The molecule has 0 aromatic rings. The second-order valence-corrected chi connectivity index (χ2v) is 5.59. The fourth-order valence-electron chi connectivity index (χ4n) is 2.39. The van der Waals surface area contributed by atoms with Crippen LogP contribution in [0.5, 0.6) is 0 Å². The van der Waals surface area contributed by atoms with Gasteiger partial charge in [-0.05, 0) is 32.9 Å². The Morgan fingerprint density at radius 3 is 2.53 bits per heavy atom. The van der Waals surface area contributed by atoms with Crippen molar-refractivity contribution in [1.29, 1.82) is 0 Å². The molecule has 1 unspecified atom stereocenters. The maximum absolute atomic E-state index is 5.25. The number of rotatable bonds is 5. The van der Waals surface area contributed by atoms with Crippen molar-refractivity contribution in [2.45, 2.75) is 32.7 Å². The number of hydrogen-bond donors (Lipinski definition) is 1. The van der Waals surface area contributed by atoms with E-state index < -0.39 is 0 Å². The standard InChI is InChI=1S/C12H24N2O/c1-11(7-14-5-3-4-6-14)13-8-12(2)9-15-10-12/h11,13H,3-10H2,1-2H3. The fourth-order valence-corrected chi connectivity index (χ4v) is 2.39. The van der Waals surface area contributed by atoms with E-state index in [2.05, 4.69) is 24.1 Å². The zero-order chi connectivity index (χ0) is 10.7. The molecule has 0 aromatic carbocycles. The Bertz CT molecular complexity index is 198. The van der Waals surface area contributed by atoms with Gasteiger partial charge in [0.15, 0.2) is 0 Å². The lowest BCUT2D eigenvalue weighted by Crippen LogP contribution is -2.50. The van der Waals surface area contributed by atoms with Crippen molar-refractivity contribution in [3.8, 4) is 0 Å². The van der Waals surface area contributed by atoms with Crippen LogP contribution >= 0.6 is 0 Å². The molecule has 2 heterocycles. The SMILES string of the molecule is CC(CN1CCCC1)NCC1(C)COC1. The molecule has 0 saturated carbocycles. The smallest absolute Gasteiger partial charge is 0.0554 e. The molecule has 1 atom stereocenters. The molecule has 88 valence electrons. The zero-order valence-electron chi connectivity index (χ0n) is 10.1. The molecule has 2 fully saturated rings. The molecule has 3 nitrogen and oxygen atoms in total. The Hall–Kier alpha value is -0.120. The first kappa shape index (κ1) is 11.4. The Morgan fingerprint density at radius 2 is 2.00 bits per heavy atom. The number of hydrogen-bond acceptors (Lipinski definition) is 3. The van der Waals surface area contributed by atoms with E-state index in [0.29, 0.717) is 11.5 Å². The third-order valence-electron chi connectivity index (χ3n) is 3.51. The van der Waals surface area contributed by atoms with Crippen LogP contribution in [0.2, 0.25) is 0 Å². The van der Waals surface area contributed by atoms with Gasteiger partial charge in [0.1, 0.15) is 0 Å². The fraction of sp³-hybridized carbons (Fsp3) is 1.00. The third kappa shape index (κ3) is 3.16. The average Bonchev–Trinajstić information content (AvgIpc) is 2.64. The molecule has 0 aromatic heterocycles. The maximum Gasteiger partial charge on any atom is 0.0554 e. The van der Waals surface area contributed by atoms with E-state index in [9.17, 15) is 0 Å². The summed E-state index contributed by atoms with van der Waals surface area (Å²) in [6.45, 7) is 11.3. The summed E-state index contributed by atoms with van der Waals surface area (Å²) in [5.74, 6) is 0. The van der Waals surface area contributed by atoms with Crippen LogP contribution < -0.4 is 5.32 Å². The molecule has 2 aliphatic heterocycles. The van der Waals surface area contributed by atoms with Crippen LogP contribution in [0.15, 0.2) is 0 Å². The zero-order valence-corrected chi connectivity index (χ0v) is 10.1. The largest absolute Gasteiger partial charge is 0.380 e. The first-order valence-electron chi connectivity index (χ1n) is 6.21. The van der Waals surface area contributed by atoms with Gasteiger partial charge in [0.2, 0.25) is 0 Å². The number of nitrogens with zero attached hydrogens (tertiary/aromatic N) is 1. The first-order chi connectivity index (χ1) is 7.18. The molecule has 15 heavy (non-hydrogen) atoms. The van der Waals surface area contributed by atoms with Crippen molar-refractivity contribution in [1.82, 2.24) is 10.2 Å². The summed E-state index contributed by atoms with van der Waals surface area (Å²) in [4.78, 5) is 2.57. The van der Waals surface area contributed by atoms with Gasteiger partial charge in [-0.3, -0.25) is 0 Å². The van der Waals surface area contributed by atoms with Gasteiger partial charge in [-0.25, -0.2) is 0 Å². The summed E-state index contributed by atoms with van der Waals surface area (Å²) < 4.78 is 5.25. The van der Waals surface area contributed by atoms with E-state index in [-0.39, 0.29) is 0 Å². The van der Waals surface area contributed by atoms with Crippen LogP contribution in [-0.2, 0) is 4.74 Å². The van der Waals surface area contributed by atoms with Crippen molar-refractivity contribution < 1.29 is 4.74 Å². The van der Waals surface area contributed by atoms with Gasteiger partial charge in [-0.15, -0.1) is 0 Å². The van der Waals surface area contributed by atoms with Gasteiger partial charge in [0.25, 0.3) is 0 Å². The lowest BCUT2D eigenvalue weighted by atomic mass is 9.88. The molecule has 2 saturated heterocycles. The van der Waals surface area contributed by atoms with Gasteiger partial charge in [0.05, 0.1) is 13.2 Å². The second kappa shape index (κ2) is 4.81. The topological polar surface area (TPSA) is 24.5 Å². The molecule has 0 radical (unpaired) electrons. The summed E-state index contributed by atoms with van der Waals surface area (Å²) in [5.41, 5.74) is 0.402. The van der Waals surface area contributed by atoms with E-state index in [1.165, 1.54) is 32.5 Å². The van der Waals surface area contributed by atoms with Crippen molar-refractivity contribution in [3.63, 3.8) is 0 Å². The van der Waals surface area contributed by atoms with Crippen LogP contribution in [0, 0.1) is 5.41 Å². The molecule has 2 rings (SSSR count). The molecule has 0 bridgehead atoms. The van der Waals surface area contributed by atoms with Crippen LogP contribution in [0.25, 0.3) is 0 Å². The summed E-state index contributed by atoms with van der Waals surface area (Å²) in [6, 6.07) is 0.612. The summed E-state index contributed by atoms with van der Waals surface area (Å²) in [7, 11) is 0. The molecule has 3 heteroatoms. The van der Waals surface area contributed by atoms with E-state index in [1.807, 2.05) is 0 Å². The van der Waals surface area contributed by atoms with Crippen LogP contribution in [0.1, 0.15) is 26.7 Å². The second-order valence-electron chi connectivity index (χ2n) is 5.59. The van der Waals surface area contributed by atoms with Gasteiger partial charge >= 0.3 is 0 Å². The number of likely N-dealkylation sites (tertiary alicyclic amines) is 1. The highest BCUT2D eigenvalue weighted by atomic mass is 16.5. The van der Waals surface area contributed by atoms with Gasteiger partial charge in [-0.1, -0.05) is 6.92 Å². The third-order valence-corrected chi connectivity index (χ3v) is 3.51. The van der Waals surface area contributed by atoms with Crippen molar-refractivity contribution in [2.75, 3.05) is 39.4 Å². The van der Waals surface area contributed by atoms with Crippen LogP contribution in [0.4, 0.5) is 0 Å². The predicted molar refractivity (Wildman–Crippen MR) is 62.1 cm³/mol. The van der Waals surface area contributed by atoms with Crippen molar-refractivity contribution >= 4 is 0 Å². The Morgan fingerprint density at radius 1 is 1.33 bits per heavy atom. The van der Waals surface area contributed by atoms with E-state index in [4.69, 9.17) is 4.74 Å². The number of ether oxygens (including phenoxy) is 1. The number of nitrogens with one attached hydrogen (secondary N) is 1. The van der Waals surface area contributed by atoms with Gasteiger partial charge < -0.3 is 15.0 Å². The Kier molecular flexibility index (Phi) is 3.65. The predicted octanol–water partition coefficient (Wildman–Crippen LogP) is 1.10. The van der Waals surface area contributed by atoms with Gasteiger partial charge in [-0.2, -0.15) is 0 Å². The minimum Gasteiger partial charge on any atom is -0.380 e. The van der Waals surface area contributed by atoms with Crippen LogP contribution in [0.3, 0.4) is 0 Å². The molecular formula is C12H24N2O. The average molecular weight is 212 g/mol. The van der Waals surface area contributed by atoms with E-state index >= 15 is 0 Å². The highest BCUT2D eigenvalue weighted by Gasteiger charge is 2.33. The minimum atomic E-state index is 0.402. The lowest BCUT2D eigenvalue weighted by Gasteiger charge is -2.39.